The van der Waals surface area contributed by atoms with E-state index in [1.54, 1.807) is 35.7 Å². The molecule has 2 unspecified atom stereocenters. The van der Waals surface area contributed by atoms with Crippen LogP contribution in [-0.4, -0.2) is 50.7 Å². The summed E-state index contributed by atoms with van der Waals surface area (Å²) >= 11 is 0. The molecule has 2 atom stereocenters. The summed E-state index contributed by atoms with van der Waals surface area (Å²) in [6.07, 6.45) is -1.04. The molecule has 3 rings (SSSR count). The normalized spacial score (nSPS) is 17.2. The lowest BCUT2D eigenvalue weighted by atomic mass is 10.1. The zero-order chi connectivity index (χ0) is 22.9. The molecule has 0 spiro atoms. The fourth-order valence-corrected chi connectivity index (χ4v) is 3.65. The minimum Gasteiger partial charge on any atom is -0.452 e. The van der Waals surface area contributed by atoms with Crippen molar-refractivity contribution in [2.75, 3.05) is 11.9 Å². The summed E-state index contributed by atoms with van der Waals surface area (Å²) in [5.74, 6) is -1.90. The molecule has 9 nitrogen and oxygen atoms in total. The maximum atomic E-state index is 12.9. The summed E-state index contributed by atoms with van der Waals surface area (Å²) in [7, 11) is 1.72. The van der Waals surface area contributed by atoms with E-state index in [4.69, 9.17) is 4.74 Å². The second-order valence-corrected chi connectivity index (χ2v) is 8.05. The fraction of sp³-hybridized carbons (Fsp3) is 0.455. The Balaban J connectivity index is 1.70. The van der Waals surface area contributed by atoms with Crippen LogP contribution in [0.4, 0.5) is 5.69 Å². The minimum absolute atomic E-state index is 0.00105. The smallest absolute Gasteiger partial charge is 0.312 e. The van der Waals surface area contributed by atoms with Crippen molar-refractivity contribution in [2.24, 2.45) is 13.0 Å². The van der Waals surface area contributed by atoms with Crippen LogP contribution in [-0.2, 0) is 26.2 Å². The molecule has 1 aliphatic rings. The molecule has 1 fully saturated rings. The number of carbonyl (C=O) groups is 3. The Hall–Kier alpha value is -3.36. The number of nitrogens with zero attached hydrogens (tertiary/aromatic N) is 3. The molecule has 9 heteroatoms. The molecule has 0 bridgehead atoms. The number of likely N-dealkylation sites (tertiary alicyclic amines) is 1. The van der Waals surface area contributed by atoms with Crippen LogP contribution in [0.5, 0.6) is 0 Å². The number of amides is 2. The monoisotopic (exact) mass is 428 g/mol. The number of carbonyl (C=O) groups excluding carboxylic acids is 3. The molecule has 0 saturated carbocycles. The third kappa shape index (κ3) is 4.40. The van der Waals surface area contributed by atoms with Gasteiger partial charge in [-0.15, -0.1) is 0 Å². The van der Waals surface area contributed by atoms with E-state index in [1.165, 1.54) is 11.6 Å². The predicted octanol–water partition coefficient (Wildman–Crippen LogP) is 1.61. The van der Waals surface area contributed by atoms with Crippen molar-refractivity contribution in [3.63, 3.8) is 0 Å². The molecule has 0 radical (unpaired) electrons. The summed E-state index contributed by atoms with van der Waals surface area (Å²) in [5.41, 5.74) is 0.974. The molecule has 1 aliphatic heterocycles. The summed E-state index contributed by atoms with van der Waals surface area (Å²) in [6.45, 7) is 7.21. The van der Waals surface area contributed by atoms with Crippen LogP contribution in [0.3, 0.4) is 0 Å². The van der Waals surface area contributed by atoms with Gasteiger partial charge in [0.25, 0.3) is 11.5 Å². The van der Waals surface area contributed by atoms with Gasteiger partial charge in [-0.2, -0.15) is 0 Å². The van der Waals surface area contributed by atoms with Gasteiger partial charge in [0.2, 0.25) is 5.91 Å². The molecule has 31 heavy (non-hydrogen) atoms. The molecule has 2 heterocycles. The standard InChI is InChI=1S/C22H28N4O5/c1-13(2)25-12-16(11-18(25)27)22(30)31-15(4)20(28)23-19-14(3)24(5)26(21(19)29)17-9-7-6-8-10-17/h6-10,13,15-16H,11-12H2,1-5H3,(H,23,28). The highest BCUT2D eigenvalue weighted by Gasteiger charge is 2.37. The third-order valence-corrected chi connectivity index (χ3v) is 5.58. The first-order valence-electron chi connectivity index (χ1n) is 10.3. The van der Waals surface area contributed by atoms with Crippen LogP contribution < -0.4 is 10.9 Å². The molecule has 166 valence electrons. The average molecular weight is 428 g/mol. The molecule has 2 amide bonds. The van der Waals surface area contributed by atoms with E-state index in [0.29, 0.717) is 11.4 Å². The summed E-state index contributed by atoms with van der Waals surface area (Å²) in [4.78, 5) is 51.6. The number of esters is 1. The van der Waals surface area contributed by atoms with Gasteiger partial charge in [-0.25, -0.2) is 4.68 Å². The van der Waals surface area contributed by atoms with Gasteiger partial charge in [0.1, 0.15) is 5.69 Å². The highest BCUT2D eigenvalue weighted by Crippen LogP contribution is 2.22. The van der Waals surface area contributed by atoms with Crippen LogP contribution in [0.1, 0.15) is 32.9 Å². The number of hydrogen-bond donors (Lipinski definition) is 1. The molecule has 1 aromatic carbocycles. The van der Waals surface area contributed by atoms with E-state index in [0.717, 1.165) is 0 Å². The second-order valence-electron chi connectivity index (χ2n) is 8.05. The van der Waals surface area contributed by atoms with Crippen molar-refractivity contribution in [1.29, 1.82) is 0 Å². The lowest BCUT2D eigenvalue weighted by Crippen LogP contribution is -2.35. The fourth-order valence-electron chi connectivity index (χ4n) is 3.65. The summed E-state index contributed by atoms with van der Waals surface area (Å²) < 4.78 is 8.40. The molecule has 1 saturated heterocycles. The van der Waals surface area contributed by atoms with Crippen molar-refractivity contribution >= 4 is 23.5 Å². The maximum absolute atomic E-state index is 12.9. The van der Waals surface area contributed by atoms with E-state index < -0.39 is 23.9 Å². The number of ether oxygens (including phenoxy) is 1. The molecular weight excluding hydrogens is 400 g/mol. The first-order chi connectivity index (χ1) is 14.6. The highest BCUT2D eigenvalue weighted by molar-refractivity contribution is 5.96. The van der Waals surface area contributed by atoms with E-state index in [1.807, 2.05) is 32.0 Å². The molecule has 2 aromatic rings. The number of hydrogen-bond acceptors (Lipinski definition) is 5. The van der Waals surface area contributed by atoms with Crippen LogP contribution in [0.25, 0.3) is 5.69 Å². The Kier molecular flexibility index (Phi) is 6.33. The predicted molar refractivity (Wildman–Crippen MR) is 115 cm³/mol. The van der Waals surface area contributed by atoms with Gasteiger partial charge in [0.05, 0.1) is 17.3 Å². The zero-order valence-corrected chi connectivity index (χ0v) is 18.4. The zero-order valence-electron chi connectivity index (χ0n) is 18.4. The topological polar surface area (TPSA) is 103 Å². The first-order valence-corrected chi connectivity index (χ1v) is 10.3. The number of anilines is 1. The summed E-state index contributed by atoms with van der Waals surface area (Å²) in [5, 5.41) is 2.59. The van der Waals surface area contributed by atoms with Crippen LogP contribution >= 0.6 is 0 Å². The Morgan fingerprint density at radius 2 is 1.77 bits per heavy atom. The van der Waals surface area contributed by atoms with Gasteiger partial charge < -0.3 is 15.0 Å². The van der Waals surface area contributed by atoms with Crippen LogP contribution in [0, 0.1) is 12.8 Å². The molecule has 0 aliphatic carbocycles. The molecule has 1 aromatic heterocycles. The third-order valence-electron chi connectivity index (χ3n) is 5.58. The van der Waals surface area contributed by atoms with Crippen molar-refractivity contribution in [3.8, 4) is 5.69 Å². The number of para-hydroxylation sites is 1. The van der Waals surface area contributed by atoms with E-state index in [-0.39, 0.29) is 36.2 Å². The van der Waals surface area contributed by atoms with Crippen molar-refractivity contribution in [3.05, 3.63) is 46.4 Å². The largest absolute Gasteiger partial charge is 0.452 e. The second kappa shape index (κ2) is 8.79. The Labute approximate surface area is 180 Å². The van der Waals surface area contributed by atoms with Crippen LogP contribution in [0.2, 0.25) is 0 Å². The first kappa shape index (κ1) is 22.3. The van der Waals surface area contributed by atoms with Gasteiger partial charge in [-0.3, -0.25) is 23.9 Å². The number of benzene rings is 1. The summed E-state index contributed by atoms with van der Waals surface area (Å²) in [6, 6.07) is 9.07. The highest BCUT2D eigenvalue weighted by atomic mass is 16.5. The minimum atomic E-state index is -1.11. The maximum Gasteiger partial charge on any atom is 0.312 e. The quantitative estimate of drug-likeness (QED) is 0.705. The van der Waals surface area contributed by atoms with Crippen LogP contribution in [0.15, 0.2) is 35.1 Å². The van der Waals surface area contributed by atoms with E-state index in [9.17, 15) is 19.2 Å². The van der Waals surface area contributed by atoms with Gasteiger partial charge in [0, 0.05) is 26.1 Å². The Morgan fingerprint density at radius 3 is 2.35 bits per heavy atom. The number of nitrogens with one attached hydrogen (secondary N) is 1. The Morgan fingerprint density at radius 1 is 1.13 bits per heavy atom. The van der Waals surface area contributed by atoms with Crippen molar-refractivity contribution in [1.82, 2.24) is 14.3 Å². The van der Waals surface area contributed by atoms with Gasteiger partial charge in [-0.1, -0.05) is 18.2 Å². The average Bonchev–Trinajstić information content (AvgIpc) is 3.22. The van der Waals surface area contributed by atoms with Crippen molar-refractivity contribution in [2.45, 2.75) is 46.3 Å². The van der Waals surface area contributed by atoms with E-state index in [2.05, 4.69) is 5.32 Å². The SMILES string of the molecule is Cc1c(NC(=O)C(C)OC(=O)C2CC(=O)N(C(C)C)C2)c(=O)n(-c2ccccc2)n1C. The van der Waals surface area contributed by atoms with Gasteiger partial charge in [0.15, 0.2) is 6.10 Å². The van der Waals surface area contributed by atoms with Gasteiger partial charge >= 0.3 is 5.97 Å². The molecular formula is C22H28N4O5. The van der Waals surface area contributed by atoms with Gasteiger partial charge in [-0.05, 0) is 39.8 Å². The van der Waals surface area contributed by atoms with Crippen molar-refractivity contribution < 1.29 is 19.1 Å². The number of aromatic nitrogens is 2. The lowest BCUT2D eigenvalue weighted by Gasteiger charge is -2.21. The van der Waals surface area contributed by atoms with E-state index >= 15 is 0 Å². The molecule has 1 N–H and O–H groups in total. The lowest BCUT2D eigenvalue weighted by molar-refractivity contribution is -0.157. The number of rotatable bonds is 6. The Bertz CT molecular complexity index is 1050.